The Labute approximate surface area is 215 Å². The molecule has 192 valence electrons. The van der Waals surface area contributed by atoms with Crippen LogP contribution < -0.4 is 0 Å². The SMILES string of the molecule is CC(C)CCCCCCC[C@@H](C)C(O)C(C)CC[C@@H](C(C)C(O)C1CCCCC1)[C@@H](C)I. The zero-order chi connectivity index (χ0) is 24.1. The van der Waals surface area contributed by atoms with Crippen molar-refractivity contribution in [3.63, 3.8) is 0 Å². The number of rotatable bonds is 17. The summed E-state index contributed by atoms with van der Waals surface area (Å²) in [5, 5.41) is 22.0. The zero-order valence-corrected chi connectivity index (χ0v) is 24.5. The average molecular weight is 565 g/mol. The van der Waals surface area contributed by atoms with Gasteiger partial charge >= 0.3 is 0 Å². The molecule has 0 aromatic rings. The molecular weight excluding hydrogens is 507 g/mol. The van der Waals surface area contributed by atoms with Crippen LogP contribution in [0.3, 0.4) is 0 Å². The van der Waals surface area contributed by atoms with Gasteiger partial charge in [0.2, 0.25) is 0 Å². The highest BCUT2D eigenvalue weighted by molar-refractivity contribution is 14.1. The first-order valence-electron chi connectivity index (χ1n) is 14.1. The van der Waals surface area contributed by atoms with E-state index in [1.54, 1.807) is 0 Å². The Morgan fingerprint density at radius 3 is 1.78 bits per heavy atom. The standard InChI is InChI=1S/C29H57IO2/c1-21(2)15-11-8-7-9-12-16-22(3)28(31)23(4)19-20-27(25(6)30)24(5)29(32)26-17-13-10-14-18-26/h21-29,31-32H,7-20H2,1-6H3/t22-,23?,24?,25-,27+,28?,29?/m1/s1. The number of aliphatic hydroxyl groups is 2. The van der Waals surface area contributed by atoms with Gasteiger partial charge in [-0.1, -0.05) is 122 Å². The topological polar surface area (TPSA) is 40.5 Å². The molecule has 3 heteroatoms. The third-order valence-electron chi connectivity index (χ3n) is 8.50. The van der Waals surface area contributed by atoms with Crippen molar-refractivity contribution in [3.8, 4) is 0 Å². The minimum absolute atomic E-state index is 0.155. The van der Waals surface area contributed by atoms with Gasteiger partial charge in [0.25, 0.3) is 0 Å². The Bertz CT molecular complexity index is 446. The number of unbranched alkanes of at least 4 members (excludes halogenated alkanes) is 4. The normalized spacial score (nSPS) is 22.3. The lowest BCUT2D eigenvalue weighted by Gasteiger charge is -2.37. The molecular formula is C29H57IO2. The number of hydrogen-bond acceptors (Lipinski definition) is 2. The quantitative estimate of drug-likeness (QED) is 0.105. The summed E-state index contributed by atoms with van der Waals surface area (Å²) < 4.78 is 0.554. The summed E-state index contributed by atoms with van der Waals surface area (Å²) in [4.78, 5) is 0. The molecule has 0 heterocycles. The Morgan fingerprint density at radius 1 is 0.688 bits per heavy atom. The van der Waals surface area contributed by atoms with Gasteiger partial charge in [-0.05, 0) is 67.6 Å². The summed E-state index contributed by atoms with van der Waals surface area (Å²) in [6, 6.07) is 0. The first-order chi connectivity index (χ1) is 15.1. The molecule has 7 atom stereocenters. The van der Waals surface area contributed by atoms with Gasteiger partial charge in [-0.25, -0.2) is 0 Å². The van der Waals surface area contributed by atoms with Crippen LogP contribution in [-0.2, 0) is 0 Å². The van der Waals surface area contributed by atoms with Crippen LogP contribution in [-0.4, -0.2) is 26.3 Å². The molecule has 0 amide bonds. The molecule has 0 aromatic heterocycles. The maximum Gasteiger partial charge on any atom is 0.0596 e. The molecule has 0 bridgehead atoms. The number of alkyl halides is 1. The van der Waals surface area contributed by atoms with Gasteiger partial charge in [-0.3, -0.25) is 0 Å². The van der Waals surface area contributed by atoms with E-state index in [0.717, 1.165) is 25.2 Å². The highest BCUT2D eigenvalue weighted by Gasteiger charge is 2.33. The first-order valence-corrected chi connectivity index (χ1v) is 15.4. The van der Waals surface area contributed by atoms with Crippen molar-refractivity contribution in [2.75, 3.05) is 0 Å². The molecule has 0 aromatic carbocycles. The van der Waals surface area contributed by atoms with Crippen molar-refractivity contribution in [3.05, 3.63) is 0 Å². The van der Waals surface area contributed by atoms with Crippen molar-refractivity contribution >= 4 is 22.6 Å². The lowest BCUT2D eigenvalue weighted by molar-refractivity contribution is 0.0104. The van der Waals surface area contributed by atoms with Crippen LogP contribution >= 0.6 is 22.6 Å². The Morgan fingerprint density at radius 2 is 1.22 bits per heavy atom. The molecule has 0 radical (unpaired) electrons. The third-order valence-corrected chi connectivity index (χ3v) is 9.42. The summed E-state index contributed by atoms with van der Waals surface area (Å²) in [6.45, 7) is 13.7. The van der Waals surface area contributed by atoms with E-state index < -0.39 is 0 Å². The van der Waals surface area contributed by atoms with Crippen molar-refractivity contribution in [1.29, 1.82) is 0 Å². The molecule has 0 spiro atoms. The smallest absolute Gasteiger partial charge is 0.0596 e. The second-order valence-electron chi connectivity index (χ2n) is 11.9. The maximum atomic E-state index is 11.1. The van der Waals surface area contributed by atoms with E-state index in [2.05, 4.69) is 64.1 Å². The Balaban J connectivity index is 2.36. The molecule has 1 aliphatic carbocycles. The molecule has 1 rings (SSSR count). The summed E-state index contributed by atoms with van der Waals surface area (Å²) >= 11 is 2.56. The predicted octanol–water partition coefficient (Wildman–Crippen LogP) is 8.80. The highest BCUT2D eigenvalue weighted by Crippen LogP contribution is 2.37. The molecule has 4 unspecified atom stereocenters. The monoisotopic (exact) mass is 564 g/mol. The van der Waals surface area contributed by atoms with E-state index in [4.69, 9.17) is 0 Å². The van der Waals surface area contributed by atoms with Gasteiger partial charge in [-0.15, -0.1) is 0 Å². The lowest BCUT2D eigenvalue weighted by atomic mass is 9.74. The molecule has 2 nitrogen and oxygen atoms in total. The predicted molar refractivity (Wildman–Crippen MR) is 149 cm³/mol. The second kappa shape index (κ2) is 17.1. The fourth-order valence-corrected chi connectivity index (χ4v) is 6.99. The van der Waals surface area contributed by atoms with Gasteiger partial charge in [0, 0.05) is 3.92 Å². The second-order valence-corrected chi connectivity index (χ2v) is 13.8. The summed E-state index contributed by atoms with van der Waals surface area (Å²) in [6.07, 6.45) is 17.3. The van der Waals surface area contributed by atoms with Gasteiger partial charge < -0.3 is 10.2 Å². The van der Waals surface area contributed by atoms with Crippen LogP contribution in [0, 0.1) is 35.5 Å². The van der Waals surface area contributed by atoms with Crippen molar-refractivity contribution in [1.82, 2.24) is 0 Å². The molecule has 1 fully saturated rings. The van der Waals surface area contributed by atoms with Crippen LogP contribution in [0.25, 0.3) is 0 Å². The fourth-order valence-electron chi connectivity index (χ4n) is 5.98. The van der Waals surface area contributed by atoms with E-state index in [9.17, 15) is 10.2 Å². The Kier molecular flexibility index (Phi) is 16.4. The van der Waals surface area contributed by atoms with E-state index in [0.29, 0.717) is 33.5 Å². The molecule has 1 saturated carbocycles. The molecule has 1 aliphatic rings. The van der Waals surface area contributed by atoms with Crippen molar-refractivity contribution in [2.45, 2.75) is 148 Å². The van der Waals surface area contributed by atoms with E-state index >= 15 is 0 Å². The zero-order valence-electron chi connectivity index (χ0n) is 22.4. The summed E-state index contributed by atoms with van der Waals surface area (Å²) in [7, 11) is 0. The highest BCUT2D eigenvalue weighted by atomic mass is 127. The minimum Gasteiger partial charge on any atom is -0.393 e. The van der Waals surface area contributed by atoms with Crippen LogP contribution in [0.2, 0.25) is 0 Å². The Hall–Kier alpha value is 0.650. The third kappa shape index (κ3) is 11.9. The van der Waals surface area contributed by atoms with Crippen LogP contribution in [0.4, 0.5) is 0 Å². The molecule has 32 heavy (non-hydrogen) atoms. The van der Waals surface area contributed by atoms with Crippen LogP contribution in [0.5, 0.6) is 0 Å². The minimum atomic E-state index is -0.195. The van der Waals surface area contributed by atoms with E-state index in [-0.39, 0.29) is 12.2 Å². The largest absolute Gasteiger partial charge is 0.393 e. The van der Waals surface area contributed by atoms with Gasteiger partial charge in [-0.2, -0.15) is 0 Å². The lowest BCUT2D eigenvalue weighted by Crippen LogP contribution is -2.36. The summed E-state index contributed by atoms with van der Waals surface area (Å²) in [5.41, 5.74) is 0. The molecule has 2 N–H and O–H groups in total. The maximum absolute atomic E-state index is 11.1. The average Bonchev–Trinajstić information content (AvgIpc) is 2.77. The molecule has 0 aliphatic heterocycles. The van der Waals surface area contributed by atoms with Crippen LogP contribution in [0.15, 0.2) is 0 Å². The van der Waals surface area contributed by atoms with Gasteiger partial charge in [0.05, 0.1) is 12.2 Å². The van der Waals surface area contributed by atoms with Crippen LogP contribution in [0.1, 0.15) is 131 Å². The van der Waals surface area contributed by atoms with E-state index in [1.165, 1.54) is 70.6 Å². The number of aliphatic hydroxyl groups excluding tert-OH is 2. The number of hydrogen-bond donors (Lipinski definition) is 2. The van der Waals surface area contributed by atoms with Crippen molar-refractivity contribution < 1.29 is 10.2 Å². The molecule has 0 saturated heterocycles. The fraction of sp³-hybridized carbons (Fsp3) is 1.00. The first kappa shape index (κ1) is 30.7. The van der Waals surface area contributed by atoms with E-state index in [1.807, 2.05) is 0 Å². The van der Waals surface area contributed by atoms with Gasteiger partial charge in [0.15, 0.2) is 0 Å². The van der Waals surface area contributed by atoms with Gasteiger partial charge in [0.1, 0.15) is 0 Å². The number of halogens is 1. The summed E-state index contributed by atoms with van der Waals surface area (Å²) in [5.74, 6) is 2.95. The van der Waals surface area contributed by atoms with Crippen molar-refractivity contribution in [2.24, 2.45) is 35.5 Å².